The minimum absolute atomic E-state index is 0.649. The van der Waals surface area contributed by atoms with Crippen molar-refractivity contribution in [3.63, 3.8) is 0 Å². The molecule has 154 valence electrons. The molecule has 0 spiro atoms. The number of aryl methyl sites for hydroxylation is 1. The summed E-state index contributed by atoms with van der Waals surface area (Å²) in [4.78, 5) is 9.50. The number of hydrogen-bond acceptors (Lipinski definition) is 4. The van der Waals surface area contributed by atoms with Crippen molar-refractivity contribution < 1.29 is 0 Å². The van der Waals surface area contributed by atoms with Crippen LogP contribution in [-0.4, -0.2) is 15.7 Å². The SMILES string of the molecule is CCc1ccc(/C(C)=N/Nc2cc(-c3ccccc3)nc(-c3ccc(Br)cc3)n2)cc1. The average molecular weight is 471 g/mol. The molecule has 4 rings (SSSR count). The van der Waals surface area contributed by atoms with Crippen LogP contribution in [0.3, 0.4) is 0 Å². The number of benzene rings is 3. The zero-order valence-electron chi connectivity index (χ0n) is 17.5. The summed E-state index contributed by atoms with van der Waals surface area (Å²) in [5.74, 6) is 1.30. The van der Waals surface area contributed by atoms with Gasteiger partial charge in [0, 0.05) is 21.7 Å². The van der Waals surface area contributed by atoms with Crippen LogP contribution >= 0.6 is 15.9 Å². The maximum Gasteiger partial charge on any atom is 0.162 e. The van der Waals surface area contributed by atoms with Gasteiger partial charge < -0.3 is 0 Å². The minimum Gasteiger partial charge on any atom is -0.261 e. The van der Waals surface area contributed by atoms with Gasteiger partial charge in [0.2, 0.25) is 0 Å². The highest BCUT2D eigenvalue weighted by Gasteiger charge is 2.09. The molecule has 1 heterocycles. The molecule has 0 aliphatic rings. The maximum absolute atomic E-state index is 4.79. The Morgan fingerprint density at radius 3 is 2.26 bits per heavy atom. The predicted octanol–water partition coefficient (Wildman–Crippen LogP) is 6.97. The Balaban J connectivity index is 1.68. The van der Waals surface area contributed by atoms with Crippen molar-refractivity contribution in [1.82, 2.24) is 9.97 Å². The van der Waals surface area contributed by atoms with E-state index in [0.29, 0.717) is 11.6 Å². The molecule has 4 aromatic rings. The number of halogens is 1. The summed E-state index contributed by atoms with van der Waals surface area (Å²) < 4.78 is 1.02. The van der Waals surface area contributed by atoms with Crippen molar-refractivity contribution in [2.45, 2.75) is 20.3 Å². The van der Waals surface area contributed by atoms with Crippen LogP contribution in [0.4, 0.5) is 5.82 Å². The van der Waals surface area contributed by atoms with E-state index < -0.39 is 0 Å². The molecule has 0 unspecified atom stereocenters. The van der Waals surface area contributed by atoms with E-state index in [0.717, 1.165) is 39.0 Å². The van der Waals surface area contributed by atoms with Gasteiger partial charge in [-0.15, -0.1) is 0 Å². The summed E-state index contributed by atoms with van der Waals surface area (Å²) in [5.41, 5.74) is 9.24. The first-order valence-electron chi connectivity index (χ1n) is 10.2. The standard InChI is InChI=1S/C26H23BrN4/c1-3-19-9-11-20(12-10-19)18(2)30-31-25-17-24(21-7-5-4-6-8-21)28-26(29-25)22-13-15-23(27)16-14-22/h4-17H,3H2,1-2H3,(H,28,29,31)/b30-18+. The van der Waals surface area contributed by atoms with E-state index in [9.17, 15) is 0 Å². The van der Waals surface area contributed by atoms with Gasteiger partial charge in [-0.05, 0) is 36.6 Å². The van der Waals surface area contributed by atoms with Gasteiger partial charge in [-0.1, -0.05) is 89.6 Å². The van der Waals surface area contributed by atoms with Crippen LogP contribution < -0.4 is 5.43 Å². The zero-order valence-corrected chi connectivity index (χ0v) is 19.1. The largest absolute Gasteiger partial charge is 0.261 e. The Kier molecular flexibility index (Phi) is 6.53. The fourth-order valence-corrected chi connectivity index (χ4v) is 3.44. The molecular formula is C26H23BrN4. The Morgan fingerprint density at radius 2 is 1.58 bits per heavy atom. The number of aromatic nitrogens is 2. The topological polar surface area (TPSA) is 50.2 Å². The summed E-state index contributed by atoms with van der Waals surface area (Å²) in [6, 6.07) is 28.5. The lowest BCUT2D eigenvalue weighted by atomic mass is 10.1. The van der Waals surface area contributed by atoms with E-state index in [1.807, 2.05) is 67.6 Å². The van der Waals surface area contributed by atoms with Gasteiger partial charge >= 0.3 is 0 Å². The number of rotatable bonds is 6. The molecule has 0 bridgehead atoms. The van der Waals surface area contributed by atoms with Crippen molar-refractivity contribution in [2.24, 2.45) is 5.10 Å². The summed E-state index contributed by atoms with van der Waals surface area (Å²) in [5, 5.41) is 4.57. The molecule has 0 radical (unpaired) electrons. The Hall–Kier alpha value is -3.31. The lowest BCUT2D eigenvalue weighted by Crippen LogP contribution is -2.03. The molecule has 0 fully saturated rings. The van der Waals surface area contributed by atoms with Crippen molar-refractivity contribution in [3.05, 3.63) is 101 Å². The predicted molar refractivity (Wildman–Crippen MR) is 132 cm³/mol. The fourth-order valence-electron chi connectivity index (χ4n) is 3.18. The second kappa shape index (κ2) is 9.67. The minimum atomic E-state index is 0.649. The Labute approximate surface area is 191 Å². The summed E-state index contributed by atoms with van der Waals surface area (Å²) in [6.07, 6.45) is 1.02. The number of nitrogens with zero attached hydrogens (tertiary/aromatic N) is 3. The van der Waals surface area contributed by atoms with Gasteiger partial charge in [-0.3, -0.25) is 5.43 Å². The van der Waals surface area contributed by atoms with Crippen LogP contribution in [-0.2, 0) is 6.42 Å². The van der Waals surface area contributed by atoms with Crippen LogP contribution in [0.25, 0.3) is 22.6 Å². The molecule has 0 aliphatic carbocycles. The zero-order chi connectivity index (χ0) is 21.6. The number of hydrogen-bond donors (Lipinski definition) is 1. The van der Waals surface area contributed by atoms with E-state index in [-0.39, 0.29) is 0 Å². The van der Waals surface area contributed by atoms with Gasteiger partial charge in [-0.2, -0.15) is 5.10 Å². The van der Waals surface area contributed by atoms with Gasteiger partial charge in [0.05, 0.1) is 11.4 Å². The van der Waals surface area contributed by atoms with Crippen molar-refractivity contribution in [3.8, 4) is 22.6 Å². The fraction of sp³-hybridized carbons (Fsp3) is 0.115. The van der Waals surface area contributed by atoms with Gasteiger partial charge in [0.25, 0.3) is 0 Å². The van der Waals surface area contributed by atoms with Crippen molar-refractivity contribution in [1.29, 1.82) is 0 Å². The van der Waals surface area contributed by atoms with E-state index in [1.165, 1.54) is 5.56 Å². The van der Waals surface area contributed by atoms with Crippen LogP contribution in [0.5, 0.6) is 0 Å². The highest BCUT2D eigenvalue weighted by Crippen LogP contribution is 2.25. The molecule has 0 aliphatic heterocycles. The third kappa shape index (κ3) is 5.25. The van der Waals surface area contributed by atoms with Gasteiger partial charge in [0.1, 0.15) is 0 Å². The molecule has 31 heavy (non-hydrogen) atoms. The van der Waals surface area contributed by atoms with Crippen LogP contribution in [0.1, 0.15) is 25.0 Å². The number of anilines is 1. The lowest BCUT2D eigenvalue weighted by molar-refractivity contribution is 1.14. The Bertz CT molecular complexity index is 1180. The van der Waals surface area contributed by atoms with E-state index >= 15 is 0 Å². The van der Waals surface area contributed by atoms with Gasteiger partial charge in [-0.25, -0.2) is 9.97 Å². The second-order valence-electron chi connectivity index (χ2n) is 7.19. The monoisotopic (exact) mass is 470 g/mol. The molecule has 3 aromatic carbocycles. The smallest absolute Gasteiger partial charge is 0.162 e. The van der Waals surface area contributed by atoms with Crippen LogP contribution in [0, 0.1) is 0 Å². The molecule has 0 saturated heterocycles. The number of hydrazone groups is 1. The molecule has 0 saturated carbocycles. The molecule has 4 nitrogen and oxygen atoms in total. The van der Waals surface area contributed by atoms with Crippen LogP contribution in [0.15, 0.2) is 94.5 Å². The third-order valence-corrected chi connectivity index (χ3v) is 5.54. The quantitative estimate of drug-likeness (QED) is 0.244. The van der Waals surface area contributed by atoms with Gasteiger partial charge in [0.15, 0.2) is 11.6 Å². The molecule has 5 heteroatoms. The van der Waals surface area contributed by atoms with Crippen molar-refractivity contribution in [2.75, 3.05) is 5.43 Å². The molecule has 0 atom stereocenters. The molecular weight excluding hydrogens is 448 g/mol. The van der Waals surface area contributed by atoms with E-state index in [1.54, 1.807) is 0 Å². The molecule has 1 aromatic heterocycles. The summed E-state index contributed by atoms with van der Waals surface area (Å²) in [6.45, 7) is 4.14. The first-order valence-corrected chi connectivity index (χ1v) is 11.0. The molecule has 1 N–H and O–H groups in total. The summed E-state index contributed by atoms with van der Waals surface area (Å²) in [7, 11) is 0. The Morgan fingerprint density at radius 1 is 0.871 bits per heavy atom. The van der Waals surface area contributed by atoms with Crippen LogP contribution in [0.2, 0.25) is 0 Å². The third-order valence-electron chi connectivity index (χ3n) is 5.02. The lowest BCUT2D eigenvalue weighted by Gasteiger charge is -2.09. The summed E-state index contributed by atoms with van der Waals surface area (Å²) >= 11 is 3.48. The van der Waals surface area contributed by atoms with E-state index in [2.05, 4.69) is 57.6 Å². The van der Waals surface area contributed by atoms with Crippen molar-refractivity contribution >= 4 is 27.5 Å². The highest BCUT2D eigenvalue weighted by molar-refractivity contribution is 9.10. The first-order chi connectivity index (χ1) is 15.1. The maximum atomic E-state index is 4.79. The molecule has 0 amide bonds. The highest BCUT2D eigenvalue weighted by atomic mass is 79.9. The average Bonchev–Trinajstić information content (AvgIpc) is 2.83. The normalized spacial score (nSPS) is 11.4. The first kappa shape index (κ1) is 20.9. The second-order valence-corrected chi connectivity index (χ2v) is 8.11. The number of nitrogens with one attached hydrogen (secondary N) is 1. The van der Waals surface area contributed by atoms with E-state index in [4.69, 9.17) is 9.97 Å².